The first-order chi connectivity index (χ1) is 13.0. The van der Waals surface area contributed by atoms with Crippen molar-refractivity contribution in [3.63, 3.8) is 0 Å². The Hall–Kier alpha value is -4.15. The van der Waals surface area contributed by atoms with E-state index < -0.39 is 16.5 Å². The summed E-state index contributed by atoms with van der Waals surface area (Å²) in [4.78, 5) is 38.6. The molecule has 0 saturated carbocycles. The van der Waals surface area contributed by atoms with Crippen LogP contribution in [0.1, 0.15) is 15.9 Å². The Kier molecular flexibility index (Phi) is 5.12. The monoisotopic (exact) mass is 366 g/mol. The number of pyridine rings is 2. The molecule has 3 aromatic rings. The van der Waals surface area contributed by atoms with Gasteiger partial charge in [0.25, 0.3) is 5.91 Å². The number of hydrazine groups is 1. The molecule has 0 saturated heterocycles. The van der Waals surface area contributed by atoms with E-state index in [0.29, 0.717) is 5.82 Å². The van der Waals surface area contributed by atoms with Crippen LogP contribution in [0.3, 0.4) is 0 Å². The number of aromatic nitrogens is 4. The van der Waals surface area contributed by atoms with Crippen molar-refractivity contribution < 1.29 is 9.72 Å². The normalized spacial score (nSPS) is 10.1. The lowest BCUT2D eigenvalue weighted by molar-refractivity contribution is -0.383. The number of anilines is 3. The van der Waals surface area contributed by atoms with E-state index in [0.717, 1.165) is 11.9 Å². The molecule has 3 aromatic heterocycles. The van der Waals surface area contributed by atoms with Gasteiger partial charge < -0.3 is 5.32 Å². The average molecular weight is 366 g/mol. The number of hydrogen-bond donors (Lipinski definition) is 3. The molecule has 11 nitrogen and oxygen atoms in total. The zero-order chi connectivity index (χ0) is 19.2. The van der Waals surface area contributed by atoms with Gasteiger partial charge >= 0.3 is 5.69 Å². The molecule has 3 heterocycles. The minimum absolute atomic E-state index is 0.0637. The number of nitrogens with zero attached hydrogens (tertiary/aromatic N) is 5. The number of carbonyl (C=O) groups excluding carboxylic acids is 1. The second-order valence-electron chi connectivity index (χ2n) is 5.34. The second-order valence-corrected chi connectivity index (χ2v) is 5.34. The fraction of sp³-hybridized carbons (Fsp3) is 0.0625. The molecule has 136 valence electrons. The minimum atomic E-state index is -0.656. The molecule has 3 rings (SSSR count). The van der Waals surface area contributed by atoms with Crippen molar-refractivity contribution in [2.45, 2.75) is 6.92 Å². The summed E-state index contributed by atoms with van der Waals surface area (Å²) in [7, 11) is 0. The highest BCUT2D eigenvalue weighted by Gasteiger charge is 2.24. The van der Waals surface area contributed by atoms with Gasteiger partial charge in [-0.25, -0.2) is 15.0 Å². The fourth-order valence-electron chi connectivity index (χ4n) is 2.15. The Morgan fingerprint density at radius 2 is 1.96 bits per heavy atom. The van der Waals surface area contributed by atoms with Crippen LogP contribution in [-0.4, -0.2) is 30.8 Å². The van der Waals surface area contributed by atoms with Crippen LogP contribution >= 0.6 is 0 Å². The van der Waals surface area contributed by atoms with E-state index in [1.165, 1.54) is 12.4 Å². The summed E-state index contributed by atoms with van der Waals surface area (Å²) < 4.78 is 0. The van der Waals surface area contributed by atoms with Gasteiger partial charge in [-0.2, -0.15) is 0 Å². The lowest BCUT2D eigenvalue weighted by Gasteiger charge is -2.10. The van der Waals surface area contributed by atoms with Crippen molar-refractivity contribution in [1.29, 1.82) is 0 Å². The number of rotatable bonds is 6. The molecule has 0 aliphatic carbocycles. The molecule has 0 atom stereocenters. The third-order valence-electron chi connectivity index (χ3n) is 3.38. The number of carbonyl (C=O) groups is 1. The Morgan fingerprint density at radius 1 is 1.15 bits per heavy atom. The fourth-order valence-corrected chi connectivity index (χ4v) is 2.15. The quantitative estimate of drug-likeness (QED) is 0.440. The van der Waals surface area contributed by atoms with Crippen molar-refractivity contribution in [1.82, 2.24) is 25.4 Å². The number of hydrogen-bond acceptors (Lipinski definition) is 9. The van der Waals surface area contributed by atoms with E-state index in [-0.39, 0.29) is 17.2 Å². The van der Waals surface area contributed by atoms with Crippen LogP contribution in [0.5, 0.6) is 0 Å². The molecule has 0 aliphatic rings. The van der Waals surface area contributed by atoms with Crippen LogP contribution in [0, 0.1) is 17.0 Å². The molecule has 0 radical (unpaired) electrons. The van der Waals surface area contributed by atoms with Crippen LogP contribution in [0.2, 0.25) is 0 Å². The molecule has 0 unspecified atom stereocenters. The third-order valence-corrected chi connectivity index (χ3v) is 3.38. The number of amides is 1. The van der Waals surface area contributed by atoms with Gasteiger partial charge in [-0.05, 0) is 36.8 Å². The highest BCUT2D eigenvalue weighted by atomic mass is 16.6. The summed E-state index contributed by atoms with van der Waals surface area (Å²) in [5.41, 5.74) is 5.56. The molecular formula is C16H14N8O3. The number of aryl methyl sites for hydroxylation is 1. The van der Waals surface area contributed by atoms with E-state index in [4.69, 9.17) is 0 Å². The van der Waals surface area contributed by atoms with Crippen LogP contribution in [0.15, 0.2) is 49.2 Å². The molecule has 0 fully saturated rings. The van der Waals surface area contributed by atoms with Crippen LogP contribution in [0.4, 0.5) is 23.1 Å². The standard InChI is InChI=1S/C16H14N8O3/c1-10-4-6-18-12(7-10)21-14-13(24(26)27)15(20-9-19-14)22-23-16(25)11-3-2-5-17-8-11/h2-9H,1H3,(H,23,25)(H2,18,19,20,21,22). The van der Waals surface area contributed by atoms with E-state index in [1.807, 2.05) is 6.92 Å². The Labute approximate surface area is 153 Å². The molecule has 0 aromatic carbocycles. The Bertz CT molecular complexity index is 980. The smallest absolute Gasteiger partial charge is 0.319 e. The molecule has 0 spiro atoms. The SMILES string of the molecule is Cc1ccnc(Nc2ncnc(NNC(=O)c3cccnc3)c2[N+](=O)[O-])c1. The van der Waals surface area contributed by atoms with Gasteiger partial charge in [-0.15, -0.1) is 0 Å². The molecule has 0 aliphatic heterocycles. The maximum absolute atomic E-state index is 12.1. The molecule has 1 amide bonds. The van der Waals surface area contributed by atoms with Crippen LogP contribution in [-0.2, 0) is 0 Å². The van der Waals surface area contributed by atoms with Crippen molar-refractivity contribution >= 4 is 29.0 Å². The van der Waals surface area contributed by atoms with E-state index >= 15 is 0 Å². The summed E-state index contributed by atoms with van der Waals surface area (Å²) in [6.45, 7) is 1.86. The minimum Gasteiger partial charge on any atom is -0.319 e. The summed E-state index contributed by atoms with van der Waals surface area (Å²) in [5.74, 6) is -0.373. The van der Waals surface area contributed by atoms with E-state index in [9.17, 15) is 14.9 Å². The van der Waals surface area contributed by atoms with Crippen molar-refractivity contribution in [3.8, 4) is 0 Å². The van der Waals surface area contributed by atoms with Crippen LogP contribution < -0.4 is 16.2 Å². The maximum atomic E-state index is 12.1. The number of nitrogens with one attached hydrogen (secondary N) is 3. The predicted octanol–water partition coefficient (Wildman–Crippen LogP) is 1.98. The van der Waals surface area contributed by atoms with Gasteiger partial charge in [0.1, 0.15) is 12.1 Å². The first-order valence-corrected chi connectivity index (χ1v) is 7.70. The van der Waals surface area contributed by atoms with Gasteiger partial charge in [0.15, 0.2) is 0 Å². The zero-order valence-corrected chi connectivity index (χ0v) is 14.1. The summed E-state index contributed by atoms with van der Waals surface area (Å²) >= 11 is 0. The third kappa shape index (κ3) is 4.28. The largest absolute Gasteiger partial charge is 0.355 e. The molecular weight excluding hydrogens is 352 g/mol. The lowest BCUT2D eigenvalue weighted by atomic mass is 10.3. The second kappa shape index (κ2) is 7.82. The molecule has 0 bridgehead atoms. The predicted molar refractivity (Wildman–Crippen MR) is 96.3 cm³/mol. The van der Waals surface area contributed by atoms with Crippen LogP contribution in [0.25, 0.3) is 0 Å². The first-order valence-electron chi connectivity index (χ1n) is 7.70. The highest BCUT2D eigenvalue weighted by Crippen LogP contribution is 2.30. The van der Waals surface area contributed by atoms with E-state index in [2.05, 4.69) is 36.1 Å². The number of nitro groups is 1. The van der Waals surface area contributed by atoms with Gasteiger partial charge in [-0.3, -0.25) is 30.7 Å². The van der Waals surface area contributed by atoms with Gasteiger partial charge in [0.05, 0.1) is 10.5 Å². The van der Waals surface area contributed by atoms with Crippen molar-refractivity contribution in [3.05, 3.63) is 70.4 Å². The summed E-state index contributed by atoms with van der Waals surface area (Å²) in [6, 6.07) is 6.65. The first kappa shape index (κ1) is 17.7. The topological polar surface area (TPSA) is 148 Å². The highest BCUT2D eigenvalue weighted by molar-refractivity contribution is 5.94. The Morgan fingerprint density at radius 3 is 2.67 bits per heavy atom. The summed E-state index contributed by atoms with van der Waals surface area (Å²) in [5, 5.41) is 14.3. The Balaban J connectivity index is 1.83. The molecule has 11 heteroatoms. The zero-order valence-electron chi connectivity index (χ0n) is 14.1. The molecule has 3 N–H and O–H groups in total. The molecule has 27 heavy (non-hydrogen) atoms. The maximum Gasteiger partial charge on any atom is 0.355 e. The lowest BCUT2D eigenvalue weighted by Crippen LogP contribution is -2.30. The van der Waals surface area contributed by atoms with Crippen molar-refractivity contribution in [2.75, 3.05) is 10.7 Å². The summed E-state index contributed by atoms with van der Waals surface area (Å²) in [6.07, 6.45) is 5.58. The van der Waals surface area contributed by atoms with Crippen molar-refractivity contribution in [2.24, 2.45) is 0 Å². The van der Waals surface area contributed by atoms with E-state index in [1.54, 1.807) is 30.5 Å². The average Bonchev–Trinajstić information content (AvgIpc) is 2.66. The van der Waals surface area contributed by atoms with Gasteiger partial charge in [0.2, 0.25) is 11.6 Å². The van der Waals surface area contributed by atoms with Gasteiger partial charge in [-0.1, -0.05) is 0 Å². The van der Waals surface area contributed by atoms with Gasteiger partial charge in [0, 0.05) is 18.6 Å².